The second kappa shape index (κ2) is 4.81. The molecule has 0 spiro atoms. The van der Waals surface area contributed by atoms with E-state index in [1.54, 1.807) is 12.1 Å². The fraction of sp³-hybridized carbons (Fsp3) is 0.125. The van der Waals surface area contributed by atoms with Crippen LogP contribution in [0, 0.1) is 0 Å². The normalized spacial score (nSPS) is 10.8. The Labute approximate surface area is 116 Å². The predicted octanol–water partition coefficient (Wildman–Crippen LogP) is 2.86. The molecule has 20 heavy (non-hydrogen) atoms. The molecule has 2 aromatic carbocycles. The Hall–Kier alpha value is -2.62. The van der Waals surface area contributed by atoms with Gasteiger partial charge in [-0.1, -0.05) is 30.3 Å². The minimum atomic E-state index is -0.903. The third-order valence-corrected chi connectivity index (χ3v) is 3.48. The highest BCUT2D eigenvalue weighted by atomic mass is 16.4. The van der Waals surface area contributed by atoms with Crippen molar-refractivity contribution >= 4 is 17.0 Å². The second-order valence-electron chi connectivity index (χ2n) is 4.71. The summed E-state index contributed by atoms with van der Waals surface area (Å²) in [6.07, 6.45) is 0.508. The summed E-state index contributed by atoms with van der Waals surface area (Å²) in [6.45, 7) is 0. The average Bonchev–Trinajstić information content (AvgIpc) is 2.76. The van der Waals surface area contributed by atoms with Crippen molar-refractivity contribution < 1.29 is 9.90 Å². The van der Waals surface area contributed by atoms with Gasteiger partial charge in [0.05, 0.1) is 16.6 Å². The molecule has 3 aromatic rings. The van der Waals surface area contributed by atoms with E-state index in [2.05, 4.69) is 4.98 Å². The number of carboxylic acids is 1. The number of aryl methyl sites for hydroxylation is 1. The second-order valence-corrected chi connectivity index (χ2v) is 4.71. The third kappa shape index (κ3) is 2.05. The molecule has 0 aliphatic rings. The lowest BCUT2D eigenvalue weighted by atomic mass is 10.0. The van der Waals surface area contributed by atoms with Crippen molar-refractivity contribution in [3.05, 3.63) is 65.5 Å². The van der Waals surface area contributed by atoms with Gasteiger partial charge < -0.3 is 9.67 Å². The lowest BCUT2D eigenvalue weighted by Crippen LogP contribution is -2.05. The number of para-hydroxylation sites is 2. The van der Waals surface area contributed by atoms with E-state index in [9.17, 15) is 9.90 Å². The van der Waals surface area contributed by atoms with Crippen molar-refractivity contribution in [1.29, 1.82) is 0 Å². The molecule has 0 saturated heterocycles. The standard InChI is InChI=1S/C16H14N2O2/c1-18-14-9-5-4-8-13(14)17-15(18)10-11-6-2-3-7-12(11)16(19)20/h2-9H,10H2,1H3,(H,19,20). The summed E-state index contributed by atoms with van der Waals surface area (Å²) in [6, 6.07) is 14.9. The van der Waals surface area contributed by atoms with Gasteiger partial charge in [-0.2, -0.15) is 0 Å². The fourth-order valence-electron chi connectivity index (χ4n) is 2.41. The predicted molar refractivity (Wildman–Crippen MR) is 76.9 cm³/mol. The number of aromatic nitrogens is 2. The van der Waals surface area contributed by atoms with Crippen LogP contribution in [0.2, 0.25) is 0 Å². The fourth-order valence-corrected chi connectivity index (χ4v) is 2.41. The number of hydrogen-bond acceptors (Lipinski definition) is 2. The molecule has 100 valence electrons. The van der Waals surface area contributed by atoms with Crippen LogP contribution in [0.25, 0.3) is 11.0 Å². The van der Waals surface area contributed by atoms with Crippen molar-refractivity contribution in [3.8, 4) is 0 Å². The Morgan fingerprint density at radius 1 is 1.15 bits per heavy atom. The molecule has 3 rings (SSSR count). The van der Waals surface area contributed by atoms with Gasteiger partial charge in [0.15, 0.2) is 0 Å². The summed E-state index contributed by atoms with van der Waals surface area (Å²) in [7, 11) is 1.95. The smallest absolute Gasteiger partial charge is 0.335 e. The molecule has 1 N–H and O–H groups in total. The van der Waals surface area contributed by atoms with E-state index in [4.69, 9.17) is 0 Å². The number of imidazole rings is 1. The van der Waals surface area contributed by atoms with E-state index in [0.717, 1.165) is 22.4 Å². The molecule has 1 heterocycles. The number of nitrogens with zero attached hydrogens (tertiary/aromatic N) is 2. The van der Waals surface area contributed by atoms with E-state index in [1.165, 1.54) is 0 Å². The molecule has 0 aliphatic carbocycles. The van der Waals surface area contributed by atoms with E-state index in [1.807, 2.05) is 48.0 Å². The van der Waals surface area contributed by atoms with Crippen molar-refractivity contribution in [2.24, 2.45) is 7.05 Å². The molecule has 4 heteroatoms. The van der Waals surface area contributed by atoms with Crippen LogP contribution in [-0.4, -0.2) is 20.6 Å². The van der Waals surface area contributed by atoms with Gasteiger partial charge in [0.25, 0.3) is 0 Å². The Morgan fingerprint density at radius 2 is 1.85 bits per heavy atom. The minimum Gasteiger partial charge on any atom is -0.478 e. The lowest BCUT2D eigenvalue weighted by molar-refractivity contribution is 0.0696. The molecule has 1 aromatic heterocycles. The summed E-state index contributed by atoms with van der Waals surface area (Å²) in [5.74, 6) is -0.0423. The zero-order valence-corrected chi connectivity index (χ0v) is 11.1. The number of carbonyl (C=O) groups is 1. The number of aromatic carboxylic acids is 1. The van der Waals surface area contributed by atoms with Gasteiger partial charge >= 0.3 is 5.97 Å². The topological polar surface area (TPSA) is 55.1 Å². The highest BCUT2D eigenvalue weighted by molar-refractivity contribution is 5.89. The highest BCUT2D eigenvalue weighted by Crippen LogP contribution is 2.18. The van der Waals surface area contributed by atoms with Crippen LogP contribution in [-0.2, 0) is 13.5 Å². The molecule has 4 nitrogen and oxygen atoms in total. The monoisotopic (exact) mass is 266 g/mol. The van der Waals surface area contributed by atoms with Gasteiger partial charge in [-0.3, -0.25) is 0 Å². The summed E-state index contributed by atoms with van der Waals surface area (Å²) < 4.78 is 2.01. The molecule has 0 saturated carbocycles. The van der Waals surface area contributed by atoms with Crippen LogP contribution in [0.15, 0.2) is 48.5 Å². The first kappa shape index (κ1) is 12.4. The number of hydrogen-bond donors (Lipinski definition) is 1. The van der Waals surface area contributed by atoms with Crippen LogP contribution in [0.1, 0.15) is 21.7 Å². The first-order valence-corrected chi connectivity index (χ1v) is 6.38. The maximum Gasteiger partial charge on any atom is 0.335 e. The van der Waals surface area contributed by atoms with E-state index in [0.29, 0.717) is 12.0 Å². The molecule has 0 unspecified atom stereocenters. The largest absolute Gasteiger partial charge is 0.478 e. The lowest BCUT2D eigenvalue weighted by Gasteiger charge is -2.06. The molecule has 0 fully saturated rings. The van der Waals surface area contributed by atoms with Crippen LogP contribution in [0.4, 0.5) is 0 Å². The van der Waals surface area contributed by atoms with E-state index in [-0.39, 0.29) is 0 Å². The maximum absolute atomic E-state index is 11.2. The highest BCUT2D eigenvalue weighted by Gasteiger charge is 2.13. The van der Waals surface area contributed by atoms with Crippen molar-refractivity contribution in [1.82, 2.24) is 9.55 Å². The minimum absolute atomic E-state index is 0.333. The number of benzene rings is 2. The Balaban J connectivity index is 2.06. The van der Waals surface area contributed by atoms with Crippen LogP contribution in [0.5, 0.6) is 0 Å². The van der Waals surface area contributed by atoms with Gasteiger partial charge in [-0.15, -0.1) is 0 Å². The van der Waals surface area contributed by atoms with Crippen molar-refractivity contribution in [3.63, 3.8) is 0 Å². The first-order valence-electron chi connectivity index (χ1n) is 6.38. The van der Waals surface area contributed by atoms with E-state index >= 15 is 0 Å². The summed E-state index contributed by atoms with van der Waals surface area (Å²) >= 11 is 0. The molecule has 0 atom stereocenters. The zero-order valence-electron chi connectivity index (χ0n) is 11.1. The van der Waals surface area contributed by atoms with Crippen LogP contribution < -0.4 is 0 Å². The van der Waals surface area contributed by atoms with Crippen LogP contribution >= 0.6 is 0 Å². The maximum atomic E-state index is 11.2. The molecule has 0 radical (unpaired) electrons. The number of carboxylic acid groups (broad SMARTS) is 1. The summed E-state index contributed by atoms with van der Waals surface area (Å²) in [4.78, 5) is 15.8. The Kier molecular flexibility index (Phi) is 2.99. The molecule has 0 amide bonds. The van der Waals surface area contributed by atoms with Gasteiger partial charge in [0.1, 0.15) is 5.82 Å². The summed E-state index contributed by atoms with van der Waals surface area (Å²) in [5, 5.41) is 9.23. The number of fused-ring (bicyclic) bond motifs is 1. The van der Waals surface area contributed by atoms with Gasteiger partial charge in [-0.25, -0.2) is 9.78 Å². The van der Waals surface area contributed by atoms with E-state index < -0.39 is 5.97 Å². The molecular formula is C16H14N2O2. The Morgan fingerprint density at radius 3 is 2.60 bits per heavy atom. The van der Waals surface area contributed by atoms with Crippen molar-refractivity contribution in [2.75, 3.05) is 0 Å². The quantitative estimate of drug-likeness (QED) is 0.793. The average molecular weight is 266 g/mol. The number of rotatable bonds is 3. The molecule has 0 bridgehead atoms. The first-order chi connectivity index (χ1) is 9.66. The molecule has 0 aliphatic heterocycles. The van der Waals surface area contributed by atoms with Gasteiger partial charge in [-0.05, 0) is 23.8 Å². The third-order valence-electron chi connectivity index (χ3n) is 3.48. The molecular weight excluding hydrogens is 252 g/mol. The van der Waals surface area contributed by atoms with Gasteiger partial charge in [0, 0.05) is 13.5 Å². The van der Waals surface area contributed by atoms with Crippen molar-refractivity contribution in [2.45, 2.75) is 6.42 Å². The Bertz CT molecular complexity index is 790. The summed E-state index contributed by atoms with van der Waals surface area (Å²) in [5.41, 5.74) is 3.09. The van der Waals surface area contributed by atoms with Crippen LogP contribution in [0.3, 0.4) is 0 Å². The van der Waals surface area contributed by atoms with Gasteiger partial charge in [0.2, 0.25) is 0 Å². The SMILES string of the molecule is Cn1c(Cc2ccccc2C(=O)O)nc2ccccc21. The zero-order chi connectivity index (χ0) is 14.1.